The minimum Gasteiger partial charge on any atom is -0.307 e. The van der Waals surface area contributed by atoms with Crippen LogP contribution in [0.2, 0.25) is 0 Å². The second-order valence-electron chi connectivity index (χ2n) is 5.87. The highest BCUT2D eigenvalue weighted by Gasteiger charge is 2.20. The van der Waals surface area contributed by atoms with Crippen LogP contribution in [0.3, 0.4) is 0 Å². The van der Waals surface area contributed by atoms with Crippen LogP contribution in [0.4, 0.5) is 0 Å². The number of hydrogen-bond donors (Lipinski definition) is 1. The van der Waals surface area contributed by atoms with E-state index in [1.165, 1.54) is 10.4 Å². The van der Waals surface area contributed by atoms with Crippen molar-refractivity contribution in [1.29, 1.82) is 0 Å². The first-order chi connectivity index (χ1) is 11.3. The van der Waals surface area contributed by atoms with E-state index in [9.17, 15) is 0 Å². The van der Waals surface area contributed by atoms with Crippen molar-refractivity contribution in [2.75, 3.05) is 0 Å². The SMILES string of the molecule is Cc1nc(-c2ccccc2)sc1CN[C@H]1CCc2ncnn2C1. The van der Waals surface area contributed by atoms with Gasteiger partial charge in [0.1, 0.15) is 17.2 Å². The van der Waals surface area contributed by atoms with E-state index in [4.69, 9.17) is 4.98 Å². The van der Waals surface area contributed by atoms with E-state index in [0.717, 1.165) is 42.5 Å². The van der Waals surface area contributed by atoms with Crippen LogP contribution in [-0.4, -0.2) is 25.8 Å². The molecule has 118 valence electrons. The van der Waals surface area contributed by atoms with Crippen molar-refractivity contribution in [3.8, 4) is 10.6 Å². The molecule has 1 N–H and O–H groups in total. The quantitative estimate of drug-likeness (QED) is 0.801. The standard InChI is InChI=1S/C17H19N5S/c1-12-15(23-17(21-12)13-5-3-2-4-6-13)9-18-14-7-8-16-19-11-20-22(16)10-14/h2-6,11,14,18H,7-10H2,1H3/t14-/m0/s1. The maximum atomic E-state index is 4.72. The first-order valence-corrected chi connectivity index (χ1v) is 8.73. The lowest BCUT2D eigenvalue weighted by Gasteiger charge is -2.23. The molecule has 4 rings (SSSR count). The lowest BCUT2D eigenvalue weighted by molar-refractivity contribution is 0.358. The molecule has 3 heterocycles. The molecule has 0 radical (unpaired) electrons. The van der Waals surface area contributed by atoms with Crippen molar-refractivity contribution < 1.29 is 0 Å². The summed E-state index contributed by atoms with van der Waals surface area (Å²) < 4.78 is 2.01. The molecule has 1 atom stereocenters. The summed E-state index contributed by atoms with van der Waals surface area (Å²) in [6.45, 7) is 3.86. The first-order valence-electron chi connectivity index (χ1n) is 7.91. The Morgan fingerprint density at radius 2 is 2.17 bits per heavy atom. The molecular weight excluding hydrogens is 306 g/mol. The van der Waals surface area contributed by atoms with E-state index >= 15 is 0 Å². The second-order valence-corrected chi connectivity index (χ2v) is 6.95. The van der Waals surface area contributed by atoms with Crippen LogP contribution in [0, 0.1) is 6.92 Å². The summed E-state index contributed by atoms with van der Waals surface area (Å²) in [4.78, 5) is 10.3. The van der Waals surface area contributed by atoms with Gasteiger partial charge in [0.2, 0.25) is 0 Å². The van der Waals surface area contributed by atoms with E-state index < -0.39 is 0 Å². The zero-order chi connectivity index (χ0) is 15.6. The summed E-state index contributed by atoms with van der Waals surface area (Å²) in [6, 6.07) is 10.8. The van der Waals surface area contributed by atoms with Gasteiger partial charge in [-0.25, -0.2) is 14.6 Å². The number of aryl methyl sites for hydroxylation is 2. The molecule has 0 aliphatic carbocycles. The monoisotopic (exact) mass is 325 g/mol. The van der Waals surface area contributed by atoms with Crippen molar-refractivity contribution >= 4 is 11.3 Å². The average Bonchev–Trinajstić information content (AvgIpc) is 3.19. The van der Waals surface area contributed by atoms with Crippen LogP contribution in [0.15, 0.2) is 36.7 Å². The Morgan fingerprint density at radius 3 is 3.04 bits per heavy atom. The highest BCUT2D eigenvalue weighted by Crippen LogP contribution is 2.27. The van der Waals surface area contributed by atoms with E-state index in [1.54, 1.807) is 17.7 Å². The van der Waals surface area contributed by atoms with Gasteiger partial charge in [0.15, 0.2) is 0 Å². The van der Waals surface area contributed by atoms with Crippen molar-refractivity contribution in [1.82, 2.24) is 25.1 Å². The lowest BCUT2D eigenvalue weighted by Crippen LogP contribution is -2.37. The van der Waals surface area contributed by atoms with Gasteiger partial charge in [0, 0.05) is 29.4 Å². The number of aromatic nitrogens is 4. The van der Waals surface area contributed by atoms with Crippen molar-refractivity contribution in [3.05, 3.63) is 53.1 Å². The fourth-order valence-corrected chi connectivity index (χ4v) is 3.96. The van der Waals surface area contributed by atoms with Crippen molar-refractivity contribution in [2.45, 2.75) is 38.9 Å². The Hall–Kier alpha value is -2.05. The van der Waals surface area contributed by atoms with Crippen LogP contribution in [0.1, 0.15) is 22.8 Å². The molecule has 5 nitrogen and oxygen atoms in total. The molecule has 0 fully saturated rings. The number of nitrogens with one attached hydrogen (secondary N) is 1. The van der Waals surface area contributed by atoms with Crippen molar-refractivity contribution in [3.63, 3.8) is 0 Å². The second kappa shape index (κ2) is 6.22. The van der Waals surface area contributed by atoms with E-state index in [-0.39, 0.29) is 0 Å². The first kappa shape index (κ1) is 14.5. The lowest BCUT2D eigenvalue weighted by atomic mass is 10.1. The van der Waals surface area contributed by atoms with E-state index in [1.807, 2.05) is 10.7 Å². The number of thiazole rings is 1. The fourth-order valence-electron chi connectivity index (χ4n) is 2.94. The summed E-state index contributed by atoms with van der Waals surface area (Å²) in [7, 11) is 0. The topological polar surface area (TPSA) is 55.6 Å². The Morgan fingerprint density at radius 1 is 1.30 bits per heavy atom. The minimum atomic E-state index is 0.450. The predicted molar refractivity (Wildman–Crippen MR) is 91.3 cm³/mol. The van der Waals surface area contributed by atoms with Crippen LogP contribution in [0.25, 0.3) is 10.6 Å². The number of rotatable bonds is 4. The van der Waals surface area contributed by atoms with Crippen LogP contribution >= 0.6 is 11.3 Å². The van der Waals surface area contributed by atoms with Gasteiger partial charge < -0.3 is 5.32 Å². The largest absolute Gasteiger partial charge is 0.307 e. The smallest absolute Gasteiger partial charge is 0.138 e. The molecule has 0 bridgehead atoms. The maximum absolute atomic E-state index is 4.72. The normalized spacial score (nSPS) is 17.2. The summed E-state index contributed by atoms with van der Waals surface area (Å²) in [5.74, 6) is 1.10. The molecule has 0 saturated carbocycles. The maximum Gasteiger partial charge on any atom is 0.138 e. The molecule has 1 aliphatic rings. The Labute approximate surface area is 139 Å². The van der Waals surface area contributed by atoms with Gasteiger partial charge in [-0.3, -0.25) is 0 Å². The molecule has 6 heteroatoms. The third-order valence-corrected chi connectivity index (χ3v) is 5.48. The molecule has 23 heavy (non-hydrogen) atoms. The molecule has 2 aromatic heterocycles. The Balaban J connectivity index is 1.43. The fraction of sp³-hybridized carbons (Fsp3) is 0.353. The van der Waals surface area contributed by atoms with Gasteiger partial charge in [0.25, 0.3) is 0 Å². The minimum absolute atomic E-state index is 0.450. The zero-order valence-corrected chi connectivity index (χ0v) is 13.9. The summed E-state index contributed by atoms with van der Waals surface area (Å²) in [6.07, 6.45) is 3.76. The van der Waals surface area contributed by atoms with E-state index in [0.29, 0.717) is 6.04 Å². The summed E-state index contributed by atoms with van der Waals surface area (Å²) in [5.41, 5.74) is 2.32. The molecule has 0 saturated heterocycles. The van der Waals surface area contributed by atoms with Gasteiger partial charge in [-0.05, 0) is 13.3 Å². The number of fused-ring (bicyclic) bond motifs is 1. The summed E-state index contributed by atoms with van der Waals surface area (Å²) in [5, 5.41) is 9.03. The Kier molecular flexibility index (Phi) is 3.93. The Bertz CT molecular complexity index is 792. The molecule has 1 aliphatic heterocycles. The van der Waals surface area contributed by atoms with Gasteiger partial charge >= 0.3 is 0 Å². The number of hydrogen-bond acceptors (Lipinski definition) is 5. The average molecular weight is 325 g/mol. The highest BCUT2D eigenvalue weighted by molar-refractivity contribution is 7.15. The van der Waals surface area contributed by atoms with Gasteiger partial charge in [-0.15, -0.1) is 11.3 Å². The molecular formula is C17H19N5S. The van der Waals surface area contributed by atoms with E-state index in [2.05, 4.69) is 46.6 Å². The third-order valence-electron chi connectivity index (χ3n) is 4.27. The van der Waals surface area contributed by atoms with Crippen LogP contribution in [0.5, 0.6) is 0 Å². The predicted octanol–water partition coefficient (Wildman–Crippen LogP) is 2.81. The number of benzene rings is 1. The van der Waals surface area contributed by atoms with Crippen LogP contribution in [-0.2, 0) is 19.5 Å². The summed E-state index contributed by atoms with van der Waals surface area (Å²) >= 11 is 1.78. The molecule has 0 unspecified atom stereocenters. The zero-order valence-electron chi connectivity index (χ0n) is 13.1. The van der Waals surface area contributed by atoms with Crippen molar-refractivity contribution in [2.24, 2.45) is 0 Å². The molecule has 3 aromatic rings. The van der Waals surface area contributed by atoms with Crippen LogP contribution < -0.4 is 5.32 Å². The van der Waals surface area contributed by atoms with Gasteiger partial charge in [0.05, 0.1) is 12.2 Å². The molecule has 0 spiro atoms. The van der Waals surface area contributed by atoms with Gasteiger partial charge in [-0.1, -0.05) is 30.3 Å². The van der Waals surface area contributed by atoms with Gasteiger partial charge in [-0.2, -0.15) is 5.10 Å². The highest BCUT2D eigenvalue weighted by atomic mass is 32.1. The molecule has 1 aromatic carbocycles. The molecule has 0 amide bonds. The number of nitrogens with zero attached hydrogens (tertiary/aromatic N) is 4. The third kappa shape index (κ3) is 3.04.